The molecule has 0 amide bonds. The summed E-state index contributed by atoms with van der Waals surface area (Å²) in [5.41, 5.74) is 1.21. The largest absolute Gasteiger partial charge is 0.508 e. The molecule has 5 heteroatoms. The molecule has 20 heavy (non-hydrogen) atoms. The fourth-order valence-corrected chi connectivity index (χ4v) is 2.38. The molecular weight excluding hydrogens is 256 g/mol. The molecule has 0 unspecified atom stereocenters. The van der Waals surface area contributed by atoms with Crippen LogP contribution in [0, 0.1) is 0 Å². The van der Waals surface area contributed by atoms with Gasteiger partial charge in [0.25, 0.3) is 0 Å². The van der Waals surface area contributed by atoms with Gasteiger partial charge < -0.3 is 14.7 Å². The van der Waals surface area contributed by atoms with E-state index in [-0.39, 0.29) is 5.97 Å². The van der Waals surface area contributed by atoms with Crippen molar-refractivity contribution in [3.8, 4) is 5.75 Å². The summed E-state index contributed by atoms with van der Waals surface area (Å²) in [5.74, 6) is 0.165. The molecule has 0 spiro atoms. The Morgan fingerprint density at radius 2 is 1.75 bits per heavy atom. The lowest BCUT2D eigenvalue weighted by Crippen LogP contribution is -2.46. The molecule has 0 aliphatic carbocycles. The Bertz CT molecular complexity index is 425. The SMILES string of the molecule is COC(=O)CCN1CCN(Cc2ccc(O)cc2)CC1. The van der Waals surface area contributed by atoms with Crippen LogP contribution in [0.5, 0.6) is 5.75 Å². The van der Waals surface area contributed by atoms with Crippen LogP contribution >= 0.6 is 0 Å². The Morgan fingerprint density at radius 1 is 1.15 bits per heavy atom. The van der Waals surface area contributed by atoms with Crippen molar-refractivity contribution in [2.24, 2.45) is 0 Å². The van der Waals surface area contributed by atoms with Crippen LogP contribution in [0.3, 0.4) is 0 Å². The number of benzene rings is 1. The van der Waals surface area contributed by atoms with Gasteiger partial charge in [-0.1, -0.05) is 12.1 Å². The summed E-state index contributed by atoms with van der Waals surface area (Å²) in [7, 11) is 1.43. The highest BCUT2D eigenvalue weighted by Crippen LogP contribution is 2.13. The number of nitrogens with zero attached hydrogens (tertiary/aromatic N) is 2. The predicted molar refractivity (Wildman–Crippen MR) is 76.5 cm³/mol. The second kappa shape index (κ2) is 7.26. The van der Waals surface area contributed by atoms with Crippen LogP contribution in [0.25, 0.3) is 0 Å². The molecule has 1 aromatic rings. The Labute approximate surface area is 119 Å². The minimum atomic E-state index is -0.142. The Hall–Kier alpha value is -1.59. The summed E-state index contributed by atoms with van der Waals surface area (Å²) in [6, 6.07) is 7.36. The molecule has 1 heterocycles. The Balaban J connectivity index is 1.71. The fourth-order valence-electron chi connectivity index (χ4n) is 2.38. The van der Waals surface area contributed by atoms with Crippen molar-refractivity contribution in [1.82, 2.24) is 9.80 Å². The first-order valence-corrected chi connectivity index (χ1v) is 6.97. The summed E-state index contributed by atoms with van der Waals surface area (Å²) in [5, 5.41) is 9.26. The number of esters is 1. The average Bonchev–Trinajstić information content (AvgIpc) is 2.48. The number of hydrogen-bond donors (Lipinski definition) is 1. The van der Waals surface area contributed by atoms with Gasteiger partial charge in [-0.2, -0.15) is 0 Å². The molecule has 1 saturated heterocycles. The molecule has 0 atom stereocenters. The zero-order chi connectivity index (χ0) is 14.4. The molecular formula is C15H22N2O3. The molecule has 1 N–H and O–H groups in total. The van der Waals surface area contributed by atoms with Gasteiger partial charge in [-0.05, 0) is 17.7 Å². The summed E-state index contributed by atoms with van der Waals surface area (Å²) in [4.78, 5) is 15.8. The summed E-state index contributed by atoms with van der Waals surface area (Å²) in [6.07, 6.45) is 0.467. The van der Waals surface area contributed by atoms with Gasteiger partial charge in [0.15, 0.2) is 0 Å². The van der Waals surface area contributed by atoms with Gasteiger partial charge in [0.05, 0.1) is 13.5 Å². The van der Waals surface area contributed by atoms with Crippen LogP contribution in [0.4, 0.5) is 0 Å². The van der Waals surface area contributed by atoms with Crippen LogP contribution in [0.2, 0.25) is 0 Å². The predicted octanol–water partition coefficient (Wildman–Crippen LogP) is 1.07. The average molecular weight is 278 g/mol. The van der Waals surface area contributed by atoms with E-state index in [1.807, 2.05) is 12.1 Å². The quantitative estimate of drug-likeness (QED) is 0.817. The van der Waals surface area contributed by atoms with Crippen molar-refractivity contribution in [1.29, 1.82) is 0 Å². The number of carbonyl (C=O) groups excluding carboxylic acids is 1. The first-order chi connectivity index (χ1) is 9.67. The van der Waals surface area contributed by atoms with Gasteiger partial charge in [-0.25, -0.2) is 0 Å². The highest BCUT2D eigenvalue weighted by atomic mass is 16.5. The van der Waals surface area contributed by atoms with Crippen molar-refractivity contribution >= 4 is 5.97 Å². The van der Waals surface area contributed by atoms with Crippen molar-refractivity contribution in [2.75, 3.05) is 39.8 Å². The fraction of sp³-hybridized carbons (Fsp3) is 0.533. The van der Waals surface area contributed by atoms with Gasteiger partial charge >= 0.3 is 5.97 Å². The molecule has 0 bridgehead atoms. The van der Waals surface area contributed by atoms with Crippen LogP contribution in [-0.2, 0) is 16.1 Å². The normalized spacial score (nSPS) is 17.1. The lowest BCUT2D eigenvalue weighted by atomic mass is 10.2. The zero-order valence-electron chi connectivity index (χ0n) is 11.9. The number of ether oxygens (including phenoxy) is 1. The van der Waals surface area contributed by atoms with E-state index in [2.05, 4.69) is 14.5 Å². The standard InChI is InChI=1S/C15H22N2O3/c1-20-15(19)6-7-16-8-10-17(11-9-16)12-13-2-4-14(18)5-3-13/h2-5,18H,6-12H2,1H3. The van der Waals surface area contributed by atoms with Gasteiger partial charge in [-0.15, -0.1) is 0 Å². The summed E-state index contributed by atoms with van der Waals surface area (Å²) in [6.45, 7) is 5.65. The molecule has 0 saturated carbocycles. The number of piperazine rings is 1. The number of rotatable bonds is 5. The monoisotopic (exact) mass is 278 g/mol. The van der Waals surface area contributed by atoms with E-state index < -0.39 is 0 Å². The number of phenols is 1. The van der Waals surface area contributed by atoms with E-state index in [0.29, 0.717) is 12.2 Å². The van der Waals surface area contributed by atoms with Crippen molar-refractivity contribution in [3.63, 3.8) is 0 Å². The maximum Gasteiger partial charge on any atom is 0.306 e. The van der Waals surface area contributed by atoms with Gasteiger partial charge in [0, 0.05) is 39.3 Å². The van der Waals surface area contributed by atoms with Gasteiger partial charge in [0.2, 0.25) is 0 Å². The van der Waals surface area contributed by atoms with E-state index in [4.69, 9.17) is 0 Å². The van der Waals surface area contributed by atoms with E-state index in [1.165, 1.54) is 12.7 Å². The molecule has 1 aliphatic heterocycles. The Kier molecular flexibility index (Phi) is 5.38. The molecule has 1 fully saturated rings. The second-order valence-electron chi connectivity index (χ2n) is 5.11. The van der Waals surface area contributed by atoms with Crippen molar-refractivity contribution in [3.05, 3.63) is 29.8 Å². The lowest BCUT2D eigenvalue weighted by Gasteiger charge is -2.34. The molecule has 2 rings (SSSR count). The van der Waals surface area contributed by atoms with Gasteiger partial charge in [0.1, 0.15) is 5.75 Å². The van der Waals surface area contributed by atoms with Crippen molar-refractivity contribution in [2.45, 2.75) is 13.0 Å². The van der Waals surface area contributed by atoms with Gasteiger partial charge in [-0.3, -0.25) is 9.69 Å². The second-order valence-corrected chi connectivity index (χ2v) is 5.11. The van der Waals surface area contributed by atoms with E-state index in [1.54, 1.807) is 12.1 Å². The number of aromatic hydroxyl groups is 1. The summed E-state index contributed by atoms with van der Waals surface area (Å²) < 4.78 is 4.65. The minimum Gasteiger partial charge on any atom is -0.508 e. The number of carbonyl (C=O) groups is 1. The topological polar surface area (TPSA) is 53.0 Å². The zero-order valence-corrected chi connectivity index (χ0v) is 11.9. The van der Waals surface area contributed by atoms with Crippen molar-refractivity contribution < 1.29 is 14.6 Å². The maximum atomic E-state index is 11.1. The molecule has 0 radical (unpaired) electrons. The third kappa shape index (κ3) is 4.51. The van der Waals surface area contributed by atoms with Crippen LogP contribution in [0.1, 0.15) is 12.0 Å². The smallest absolute Gasteiger partial charge is 0.306 e. The van der Waals surface area contributed by atoms with Crippen LogP contribution in [-0.4, -0.2) is 60.7 Å². The highest BCUT2D eigenvalue weighted by molar-refractivity contribution is 5.69. The lowest BCUT2D eigenvalue weighted by molar-refractivity contribution is -0.141. The molecule has 110 valence electrons. The maximum absolute atomic E-state index is 11.1. The third-order valence-electron chi connectivity index (χ3n) is 3.67. The molecule has 0 aromatic heterocycles. The molecule has 1 aliphatic rings. The Morgan fingerprint density at radius 3 is 2.35 bits per heavy atom. The van der Waals surface area contributed by atoms with E-state index in [9.17, 15) is 9.90 Å². The highest BCUT2D eigenvalue weighted by Gasteiger charge is 2.17. The number of methoxy groups -OCH3 is 1. The minimum absolute atomic E-state index is 0.142. The van der Waals surface area contributed by atoms with Crippen LogP contribution in [0.15, 0.2) is 24.3 Å². The third-order valence-corrected chi connectivity index (χ3v) is 3.67. The van der Waals surface area contributed by atoms with Crippen LogP contribution < -0.4 is 0 Å². The number of phenolic OH excluding ortho intramolecular Hbond substituents is 1. The first-order valence-electron chi connectivity index (χ1n) is 6.97. The summed E-state index contributed by atoms with van der Waals surface area (Å²) >= 11 is 0. The molecule has 5 nitrogen and oxygen atoms in total. The molecule has 1 aromatic carbocycles. The van der Waals surface area contributed by atoms with E-state index in [0.717, 1.165) is 39.3 Å². The van der Waals surface area contributed by atoms with E-state index >= 15 is 0 Å². The first kappa shape index (κ1) is 14.8. The number of hydrogen-bond acceptors (Lipinski definition) is 5.